The summed E-state index contributed by atoms with van der Waals surface area (Å²) in [5.41, 5.74) is 0. The third-order valence-electron chi connectivity index (χ3n) is 1.54. The number of likely N-dealkylation sites (N-methyl/N-ethyl adjacent to an activating group) is 2. The van der Waals surface area contributed by atoms with Gasteiger partial charge in [-0.05, 0) is 0 Å². The van der Waals surface area contributed by atoms with Gasteiger partial charge in [-0.25, -0.2) is 0 Å². The summed E-state index contributed by atoms with van der Waals surface area (Å²) in [6, 6.07) is 0. The van der Waals surface area contributed by atoms with Gasteiger partial charge < -0.3 is 22.0 Å². The average Bonchev–Trinajstić information content (AvgIpc) is 1.81. The van der Waals surface area contributed by atoms with E-state index in [2.05, 4.69) is 42.3 Å². The maximum atomic E-state index is 8.39. The first-order valence-corrected chi connectivity index (χ1v) is 4.95. The van der Waals surface area contributed by atoms with Crippen LogP contribution in [0, 0.1) is 0 Å². The molecule has 0 saturated heterocycles. The molecule has 0 bridgehead atoms. The van der Waals surface area contributed by atoms with Crippen molar-refractivity contribution < 1.29 is 22.0 Å². The van der Waals surface area contributed by atoms with Crippen molar-refractivity contribution in [3.8, 4) is 0 Å². The van der Waals surface area contributed by atoms with Gasteiger partial charge in [-0.2, -0.15) is 0 Å². The predicted octanol–water partition coefficient (Wildman–Crippen LogP) is -0.405. The largest absolute Gasteiger partial charge is 1.00 e. The number of hydrogen-bond donors (Lipinski definition) is 2. The lowest BCUT2D eigenvalue weighted by Crippen LogP contribution is -2.36. The van der Waals surface area contributed by atoms with E-state index in [1.54, 1.807) is 0 Å². The summed E-state index contributed by atoms with van der Waals surface area (Å²) in [6.07, 6.45) is 0. The third-order valence-corrected chi connectivity index (χ3v) is 1.54. The van der Waals surface area contributed by atoms with E-state index in [1.165, 1.54) is 0 Å². The van der Waals surface area contributed by atoms with Gasteiger partial charge in [0.1, 0.15) is 13.1 Å². The molecule has 0 aliphatic carbocycles. The molecule has 0 fully saturated rings. The quantitative estimate of drug-likeness (QED) is 0.622. The number of rotatable bonds is 4. The Labute approximate surface area is 91.5 Å². The molecular formula is C10H30N2O2. The first kappa shape index (κ1) is 16.3. The third kappa shape index (κ3) is 22.6. The Morgan fingerprint density at radius 3 is 0.929 bits per heavy atom. The first-order valence-electron chi connectivity index (χ1n) is 4.95. The van der Waals surface area contributed by atoms with Crippen molar-refractivity contribution in [2.75, 3.05) is 68.6 Å². The fourth-order valence-corrected chi connectivity index (χ4v) is 0.600. The molecule has 92 valence electrons. The minimum atomic E-state index is 0. The van der Waals surface area contributed by atoms with E-state index in [0.29, 0.717) is 0 Å². The fraction of sp³-hybridized carbons (Fsp3) is 1.00. The summed E-state index contributed by atoms with van der Waals surface area (Å²) in [5, 5.41) is 16.8. The Balaban J connectivity index is -0.0000000800. The molecule has 0 aliphatic heterocycles. The zero-order valence-corrected chi connectivity index (χ0v) is 10.6. The minimum Gasteiger partial charge on any atom is -1.00 e. The molecule has 0 aromatic carbocycles. The number of nitrogens with zero attached hydrogens (tertiary/aromatic N) is 2. The SMILES string of the molecule is C[N+](C)(C)CCO.C[N+](C)(C)CCO.[2H-].[2H-]. The zero-order valence-electron chi connectivity index (χ0n) is 12.6. The highest BCUT2D eigenvalue weighted by molar-refractivity contribution is 4.19. The number of aliphatic hydroxyl groups is 2. The second-order valence-electron chi connectivity index (χ2n) is 5.48. The van der Waals surface area contributed by atoms with Gasteiger partial charge in [0.25, 0.3) is 0 Å². The molecule has 14 heavy (non-hydrogen) atoms. The molecule has 4 nitrogen and oxygen atoms in total. The highest BCUT2D eigenvalue weighted by Gasteiger charge is 2.02. The van der Waals surface area contributed by atoms with Crippen molar-refractivity contribution in [1.82, 2.24) is 0 Å². The van der Waals surface area contributed by atoms with Gasteiger partial charge in [0.05, 0.1) is 55.5 Å². The molecule has 4 heteroatoms. The van der Waals surface area contributed by atoms with E-state index in [9.17, 15) is 0 Å². The molecule has 0 amide bonds. The van der Waals surface area contributed by atoms with Crippen molar-refractivity contribution in [3.05, 3.63) is 0 Å². The van der Waals surface area contributed by atoms with Crippen LogP contribution in [0.25, 0.3) is 0 Å². The lowest BCUT2D eigenvalue weighted by Gasteiger charge is -2.21. The van der Waals surface area contributed by atoms with Crippen LogP contribution in [0.2, 0.25) is 0 Å². The van der Waals surface area contributed by atoms with Crippen molar-refractivity contribution in [2.24, 2.45) is 0 Å². The van der Waals surface area contributed by atoms with Crippen LogP contribution < -0.4 is 0 Å². The summed E-state index contributed by atoms with van der Waals surface area (Å²) in [4.78, 5) is 0. The van der Waals surface area contributed by atoms with Gasteiger partial charge in [0.2, 0.25) is 0 Å². The van der Waals surface area contributed by atoms with Gasteiger partial charge in [0, 0.05) is 0 Å². The van der Waals surface area contributed by atoms with Crippen LogP contribution in [0.15, 0.2) is 0 Å². The van der Waals surface area contributed by atoms with E-state index in [-0.39, 0.29) is 16.1 Å². The standard InChI is InChI=1S/2C5H14NO.2H/c2*1-6(2,3)4-5-7;;/h2*7H,4-5H2,1-3H3;;/q2*+1;2*-1/i;;2*1+1. The minimum absolute atomic E-state index is 0. The van der Waals surface area contributed by atoms with Crippen molar-refractivity contribution in [3.63, 3.8) is 0 Å². The summed E-state index contributed by atoms with van der Waals surface area (Å²) in [5.74, 6) is 0. The summed E-state index contributed by atoms with van der Waals surface area (Å²) >= 11 is 0. The molecule has 0 aliphatic rings. The van der Waals surface area contributed by atoms with E-state index in [4.69, 9.17) is 10.2 Å². The number of hydrogen-bond acceptors (Lipinski definition) is 2. The first-order chi connectivity index (χ1) is 6.12. The van der Waals surface area contributed by atoms with Gasteiger partial charge in [-0.3, -0.25) is 0 Å². The second-order valence-corrected chi connectivity index (χ2v) is 5.48. The van der Waals surface area contributed by atoms with E-state index in [1.807, 2.05) is 0 Å². The van der Waals surface area contributed by atoms with Crippen LogP contribution in [-0.2, 0) is 0 Å². The topological polar surface area (TPSA) is 40.5 Å². The summed E-state index contributed by atoms with van der Waals surface area (Å²) in [7, 11) is 12.3. The normalized spacial score (nSPS) is 12.0. The Morgan fingerprint density at radius 2 is 0.929 bits per heavy atom. The van der Waals surface area contributed by atoms with E-state index >= 15 is 0 Å². The van der Waals surface area contributed by atoms with E-state index in [0.717, 1.165) is 22.1 Å². The maximum Gasteiger partial charge on any atom is 0.101 e. The smallest absolute Gasteiger partial charge is 0.101 e. The molecule has 2 N–H and O–H groups in total. The molecule has 0 unspecified atom stereocenters. The highest BCUT2D eigenvalue weighted by Crippen LogP contribution is 1.85. The monoisotopic (exact) mass is 212 g/mol. The van der Waals surface area contributed by atoms with Crippen LogP contribution in [-0.4, -0.2) is 87.8 Å². The highest BCUT2D eigenvalue weighted by atomic mass is 16.3. The van der Waals surface area contributed by atoms with Gasteiger partial charge >= 0.3 is 0 Å². The Hall–Kier alpha value is -0.160. The lowest BCUT2D eigenvalue weighted by molar-refractivity contribution is -0.870. The van der Waals surface area contributed by atoms with Crippen LogP contribution >= 0.6 is 0 Å². The molecule has 0 rings (SSSR count). The molecule has 0 atom stereocenters. The van der Waals surface area contributed by atoms with Crippen LogP contribution in [0.4, 0.5) is 0 Å². The Morgan fingerprint density at radius 1 is 0.714 bits per heavy atom. The van der Waals surface area contributed by atoms with Gasteiger partial charge in [-0.1, -0.05) is 0 Å². The molecule has 0 spiro atoms. The number of quaternary nitrogens is 2. The van der Waals surface area contributed by atoms with Gasteiger partial charge in [-0.15, -0.1) is 0 Å². The molecule has 0 aromatic rings. The van der Waals surface area contributed by atoms with Crippen molar-refractivity contribution in [2.45, 2.75) is 0 Å². The molecule has 0 aromatic heterocycles. The van der Waals surface area contributed by atoms with Crippen molar-refractivity contribution in [1.29, 1.82) is 0 Å². The molecular weight excluding hydrogens is 180 g/mol. The van der Waals surface area contributed by atoms with E-state index < -0.39 is 0 Å². The van der Waals surface area contributed by atoms with Crippen LogP contribution in [0.3, 0.4) is 0 Å². The summed E-state index contributed by atoms with van der Waals surface area (Å²) in [6.45, 7) is 2.23. The van der Waals surface area contributed by atoms with Crippen LogP contribution in [0.5, 0.6) is 0 Å². The Bertz CT molecular complexity index is 118. The molecule has 0 heterocycles. The fourth-order valence-electron chi connectivity index (χ4n) is 0.600. The molecule has 0 radical (unpaired) electrons. The van der Waals surface area contributed by atoms with Crippen LogP contribution in [0.1, 0.15) is 2.85 Å². The summed E-state index contributed by atoms with van der Waals surface area (Å²) < 4.78 is 1.69. The lowest BCUT2D eigenvalue weighted by atomic mass is 10.5. The predicted molar refractivity (Wildman–Crippen MR) is 62.2 cm³/mol. The zero-order chi connectivity index (χ0) is 11.8. The van der Waals surface area contributed by atoms with Crippen molar-refractivity contribution >= 4 is 0 Å². The maximum absolute atomic E-state index is 8.39. The Kier molecular flexibility index (Phi) is 8.34. The molecule has 0 saturated carbocycles. The second kappa shape index (κ2) is 7.17. The number of aliphatic hydroxyl groups excluding tert-OH is 2. The van der Waals surface area contributed by atoms with Gasteiger partial charge in [0.15, 0.2) is 0 Å². The average molecular weight is 212 g/mol.